The van der Waals surface area contributed by atoms with Crippen molar-refractivity contribution in [2.45, 2.75) is 26.4 Å². The van der Waals surface area contributed by atoms with Gasteiger partial charge in [-0.2, -0.15) is 0 Å². The molecule has 0 saturated heterocycles. The summed E-state index contributed by atoms with van der Waals surface area (Å²) in [5, 5.41) is 11.6. The number of anilines is 1. The van der Waals surface area contributed by atoms with Crippen LogP contribution in [-0.4, -0.2) is 23.6 Å². The molecule has 1 aromatic rings. The number of hydrogen-bond donors (Lipinski definition) is 2. The van der Waals surface area contributed by atoms with Gasteiger partial charge in [0.2, 0.25) is 5.91 Å². The number of nitrogens with one attached hydrogen (secondary N) is 1. The highest BCUT2D eigenvalue weighted by Crippen LogP contribution is 2.11. The van der Waals surface area contributed by atoms with E-state index in [1.54, 1.807) is 31.2 Å². The highest BCUT2D eigenvalue weighted by molar-refractivity contribution is 5.92. The van der Waals surface area contributed by atoms with Crippen LogP contribution >= 0.6 is 0 Å². The summed E-state index contributed by atoms with van der Waals surface area (Å²) in [6.07, 6.45) is 0.154. The maximum Gasteiger partial charge on any atom is 0.306 e. The van der Waals surface area contributed by atoms with Gasteiger partial charge in [0.05, 0.1) is 19.6 Å². The zero-order valence-corrected chi connectivity index (χ0v) is 10.3. The number of carbonyl (C=O) groups is 2. The largest absolute Gasteiger partial charge is 0.466 e. The van der Waals surface area contributed by atoms with Crippen LogP contribution < -0.4 is 5.32 Å². The summed E-state index contributed by atoms with van der Waals surface area (Å²) in [6, 6.07) is 6.91. The highest BCUT2D eigenvalue weighted by atomic mass is 16.5. The molecule has 0 heterocycles. The first-order chi connectivity index (χ1) is 8.65. The van der Waals surface area contributed by atoms with Gasteiger partial charge in [-0.3, -0.25) is 9.59 Å². The topological polar surface area (TPSA) is 75.6 Å². The number of aliphatic hydroxyl groups is 1. The molecule has 1 amide bonds. The average Bonchev–Trinajstić information content (AvgIpc) is 2.37. The van der Waals surface area contributed by atoms with Crippen LogP contribution in [0.5, 0.6) is 0 Å². The van der Waals surface area contributed by atoms with Gasteiger partial charge in [0.15, 0.2) is 0 Å². The predicted octanol–water partition coefficient (Wildman–Crippen LogP) is 1.46. The molecule has 0 aliphatic rings. The Morgan fingerprint density at radius 3 is 2.78 bits per heavy atom. The van der Waals surface area contributed by atoms with Crippen LogP contribution in [-0.2, 0) is 20.9 Å². The highest BCUT2D eigenvalue weighted by Gasteiger charge is 2.07. The third-order valence-electron chi connectivity index (χ3n) is 2.25. The van der Waals surface area contributed by atoms with Crippen LogP contribution in [0.2, 0.25) is 0 Å². The van der Waals surface area contributed by atoms with Crippen LogP contribution in [0.1, 0.15) is 25.3 Å². The Morgan fingerprint density at radius 2 is 2.11 bits per heavy atom. The van der Waals surface area contributed by atoms with E-state index in [4.69, 9.17) is 9.84 Å². The van der Waals surface area contributed by atoms with E-state index < -0.39 is 0 Å². The quantitative estimate of drug-likeness (QED) is 0.750. The second-order valence-corrected chi connectivity index (χ2v) is 3.71. The molecule has 0 aliphatic carbocycles. The summed E-state index contributed by atoms with van der Waals surface area (Å²) < 4.78 is 4.73. The van der Waals surface area contributed by atoms with E-state index in [-0.39, 0.29) is 31.3 Å². The van der Waals surface area contributed by atoms with Crippen molar-refractivity contribution in [3.8, 4) is 0 Å². The fourth-order valence-corrected chi connectivity index (χ4v) is 1.42. The lowest BCUT2D eigenvalue weighted by molar-refractivity contribution is -0.144. The summed E-state index contributed by atoms with van der Waals surface area (Å²) in [5.41, 5.74) is 1.33. The molecule has 0 spiro atoms. The van der Waals surface area contributed by atoms with E-state index in [1.807, 2.05) is 0 Å². The van der Waals surface area contributed by atoms with Gasteiger partial charge >= 0.3 is 5.97 Å². The Bertz CT molecular complexity index is 417. The fourth-order valence-electron chi connectivity index (χ4n) is 1.42. The number of aliphatic hydroxyl groups excluding tert-OH is 1. The second-order valence-electron chi connectivity index (χ2n) is 3.71. The standard InChI is InChI=1S/C13H17NO4/c1-2-18-13(17)7-6-12(16)14-11-5-3-4-10(8-11)9-15/h3-5,8,15H,2,6-7,9H2,1H3,(H,14,16). The third-order valence-corrected chi connectivity index (χ3v) is 2.25. The predicted molar refractivity (Wildman–Crippen MR) is 66.9 cm³/mol. The van der Waals surface area contributed by atoms with Crippen molar-refractivity contribution in [2.24, 2.45) is 0 Å². The van der Waals surface area contributed by atoms with Gasteiger partial charge in [0, 0.05) is 12.1 Å². The second kappa shape index (κ2) is 7.45. The molecule has 1 rings (SSSR count). The van der Waals surface area contributed by atoms with Crippen molar-refractivity contribution in [1.29, 1.82) is 0 Å². The average molecular weight is 251 g/mol. The SMILES string of the molecule is CCOC(=O)CCC(=O)Nc1cccc(CO)c1. The van der Waals surface area contributed by atoms with Crippen LogP contribution in [0.4, 0.5) is 5.69 Å². The van der Waals surface area contributed by atoms with Gasteiger partial charge in [-0.15, -0.1) is 0 Å². The number of ether oxygens (including phenoxy) is 1. The summed E-state index contributed by atoms with van der Waals surface area (Å²) >= 11 is 0. The number of carbonyl (C=O) groups excluding carboxylic acids is 2. The summed E-state index contributed by atoms with van der Waals surface area (Å²) in [4.78, 5) is 22.6. The van der Waals surface area contributed by atoms with Crippen molar-refractivity contribution in [3.05, 3.63) is 29.8 Å². The monoisotopic (exact) mass is 251 g/mol. The van der Waals surface area contributed by atoms with Crippen LogP contribution in [0.3, 0.4) is 0 Å². The molecule has 0 unspecified atom stereocenters. The zero-order chi connectivity index (χ0) is 13.4. The first kappa shape index (κ1) is 14.2. The van der Waals surface area contributed by atoms with E-state index in [0.717, 1.165) is 5.56 Å². The normalized spacial score (nSPS) is 9.89. The van der Waals surface area contributed by atoms with Crippen molar-refractivity contribution in [3.63, 3.8) is 0 Å². The molecule has 0 bridgehead atoms. The van der Waals surface area contributed by atoms with Gasteiger partial charge in [0.25, 0.3) is 0 Å². The lowest BCUT2D eigenvalue weighted by Crippen LogP contribution is -2.14. The summed E-state index contributed by atoms with van der Waals surface area (Å²) in [6.45, 7) is 1.96. The third kappa shape index (κ3) is 4.97. The summed E-state index contributed by atoms with van der Waals surface area (Å²) in [5.74, 6) is -0.630. The minimum Gasteiger partial charge on any atom is -0.466 e. The number of hydrogen-bond acceptors (Lipinski definition) is 4. The van der Waals surface area contributed by atoms with Crippen molar-refractivity contribution < 1.29 is 19.4 Å². The van der Waals surface area contributed by atoms with E-state index >= 15 is 0 Å². The van der Waals surface area contributed by atoms with Crippen molar-refractivity contribution in [2.75, 3.05) is 11.9 Å². The van der Waals surface area contributed by atoms with E-state index in [2.05, 4.69) is 5.32 Å². The molecule has 98 valence electrons. The molecule has 5 heteroatoms. The Hall–Kier alpha value is -1.88. The lowest BCUT2D eigenvalue weighted by Gasteiger charge is -2.06. The molecule has 2 N–H and O–H groups in total. The minimum absolute atomic E-state index is 0.0688. The number of esters is 1. The Balaban J connectivity index is 2.42. The molecule has 0 aromatic heterocycles. The molecule has 1 aromatic carbocycles. The lowest BCUT2D eigenvalue weighted by atomic mass is 10.2. The molecule has 18 heavy (non-hydrogen) atoms. The molecule has 0 saturated carbocycles. The smallest absolute Gasteiger partial charge is 0.306 e. The fraction of sp³-hybridized carbons (Fsp3) is 0.385. The zero-order valence-electron chi connectivity index (χ0n) is 10.3. The first-order valence-electron chi connectivity index (χ1n) is 5.81. The van der Waals surface area contributed by atoms with Crippen molar-refractivity contribution >= 4 is 17.6 Å². The Kier molecular flexibility index (Phi) is 5.87. The van der Waals surface area contributed by atoms with E-state index in [1.165, 1.54) is 0 Å². The summed E-state index contributed by atoms with van der Waals surface area (Å²) in [7, 11) is 0. The van der Waals surface area contributed by atoms with Crippen molar-refractivity contribution in [1.82, 2.24) is 0 Å². The number of amides is 1. The van der Waals surface area contributed by atoms with Gasteiger partial charge in [-0.05, 0) is 24.6 Å². The molecular weight excluding hydrogens is 234 g/mol. The molecule has 0 atom stereocenters. The molecule has 5 nitrogen and oxygen atoms in total. The first-order valence-corrected chi connectivity index (χ1v) is 5.81. The Morgan fingerprint density at radius 1 is 1.33 bits per heavy atom. The van der Waals surface area contributed by atoms with Crippen LogP contribution in [0, 0.1) is 0 Å². The molecular formula is C13H17NO4. The maximum absolute atomic E-state index is 11.5. The Labute approximate surface area is 106 Å². The van der Waals surface area contributed by atoms with Gasteiger partial charge in [-0.25, -0.2) is 0 Å². The van der Waals surface area contributed by atoms with Gasteiger partial charge in [-0.1, -0.05) is 12.1 Å². The maximum atomic E-state index is 11.5. The van der Waals surface area contributed by atoms with Gasteiger partial charge in [0.1, 0.15) is 0 Å². The molecule has 0 radical (unpaired) electrons. The molecule has 0 fully saturated rings. The van der Waals surface area contributed by atoms with Crippen LogP contribution in [0.15, 0.2) is 24.3 Å². The molecule has 0 aliphatic heterocycles. The van der Waals surface area contributed by atoms with E-state index in [9.17, 15) is 9.59 Å². The van der Waals surface area contributed by atoms with Gasteiger partial charge < -0.3 is 15.2 Å². The van der Waals surface area contributed by atoms with E-state index in [0.29, 0.717) is 12.3 Å². The minimum atomic E-state index is -0.378. The number of benzene rings is 1. The number of rotatable bonds is 6. The van der Waals surface area contributed by atoms with Crippen LogP contribution in [0.25, 0.3) is 0 Å².